The Kier molecular flexibility index (Phi) is 3.46. The molecule has 0 unspecified atom stereocenters. The third kappa shape index (κ3) is 2.76. The van der Waals surface area contributed by atoms with Crippen molar-refractivity contribution in [2.45, 2.75) is 25.7 Å². The molecule has 1 aliphatic heterocycles. The number of hydrogen-bond donors (Lipinski definition) is 2. The Bertz CT molecular complexity index is 573. The number of nitrogens with one attached hydrogen (secondary N) is 2. The molecule has 0 radical (unpaired) electrons. The first-order valence-corrected chi connectivity index (χ1v) is 6.77. The fraction of sp³-hybridized carbons (Fsp3) is 0.500. The molecule has 0 aliphatic carbocycles. The SMILES string of the molecule is Fc1cc(F)c2nc(CCC3CCNCC3)[nH]c2c1. The summed E-state index contributed by atoms with van der Waals surface area (Å²) in [5.41, 5.74) is 0.680. The van der Waals surface area contributed by atoms with E-state index in [0.717, 1.165) is 37.8 Å². The zero-order valence-electron chi connectivity index (χ0n) is 10.7. The molecular formula is C14H17F2N3. The smallest absolute Gasteiger partial charge is 0.153 e. The second kappa shape index (κ2) is 5.25. The van der Waals surface area contributed by atoms with Crippen molar-refractivity contribution in [1.29, 1.82) is 0 Å². The number of rotatable bonds is 3. The predicted molar refractivity (Wildman–Crippen MR) is 69.9 cm³/mol. The van der Waals surface area contributed by atoms with Crippen LogP contribution in [0.2, 0.25) is 0 Å². The first-order chi connectivity index (χ1) is 9.22. The maximum absolute atomic E-state index is 13.5. The lowest BCUT2D eigenvalue weighted by atomic mass is 9.93. The number of fused-ring (bicyclic) bond motifs is 1. The van der Waals surface area contributed by atoms with Crippen molar-refractivity contribution in [2.24, 2.45) is 5.92 Å². The Morgan fingerprint density at radius 2 is 2.00 bits per heavy atom. The Labute approximate surface area is 110 Å². The first-order valence-electron chi connectivity index (χ1n) is 6.77. The summed E-state index contributed by atoms with van der Waals surface area (Å²) in [6, 6.07) is 2.17. The number of aryl methyl sites for hydroxylation is 1. The van der Waals surface area contributed by atoms with Crippen LogP contribution in [-0.4, -0.2) is 23.1 Å². The Hall–Kier alpha value is -1.49. The van der Waals surface area contributed by atoms with E-state index in [9.17, 15) is 8.78 Å². The van der Waals surface area contributed by atoms with Gasteiger partial charge in [-0.3, -0.25) is 0 Å². The molecule has 0 spiro atoms. The molecule has 1 aliphatic rings. The van der Waals surface area contributed by atoms with Gasteiger partial charge in [-0.2, -0.15) is 0 Å². The van der Waals surface area contributed by atoms with Crippen molar-refractivity contribution in [3.8, 4) is 0 Å². The highest BCUT2D eigenvalue weighted by Crippen LogP contribution is 2.21. The lowest BCUT2D eigenvalue weighted by Gasteiger charge is -2.21. The highest BCUT2D eigenvalue weighted by molar-refractivity contribution is 5.75. The molecule has 1 aromatic carbocycles. The molecule has 3 rings (SSSR count). The van der Waals surface area contributed by atoms with Gasteiger partial charge in [0.1, 0.15) is 17.2 Å². The standard InChI is InChI=1S/C14H17F2N3/c15-10-7-11(16)14-12(8-10)18-13(19-14)2-1-9-3-5-17-6-4-9/h7-9,17H,1-6H2,(H,18,19). The molecule has 1 aromatic heterocycles. The minimum atomic E-state index is -0.598. The van der Waals surface area contributed by atoms with Crippen LogP contribution in [0.25, 0.3) is 11.0 Å². The summed E-state index contributed by atoms with van der Waals surface area (Å²) in [6.45, 7) is 2.15. The third-order valence-electron chi connectivity index (χ3n) is 3.80. The molecule has 2 heterocycles. The maximum Gasteiger partial charge on any atom is 0.153 e. The molecule has 19 heavy (non-hydrogen) atoms. The Morgan fingerprint density at radius 3 is 2.79 bits per heavy atom. The van der Waals surface area contributed by atoms with E-state index in [1.165, 1.54) is 18.9 Å². The molecule has 1 saturated heterocycles. The van der Waals surface area contributed by atoms with Crippen molar-refractivity contribution in [3.05, 3.63) is 29.6 Å². The summed E-state index contributed by atoms with van der Waals surface area (Å²) in [4.78, 5) is 7.23. The lowest BCUT2D eigenvalue weighted by molar-refractivity contribution is 0.352. The van der Waals surface area contributed by atoms with Gasteiger partial charge in [-0.25, -0.2) is 13.8 Å². The van der Waals surface area contributed by atoms with Gasteiger partial charge in [0.25, 0.3) is 0 Å². The highest BCUT2D eigenvalue weighted by Gasteiger charge is 2.15. The average Bonchev–Trinajstić information content (AvgIpc) is 2.81. The van der Waals surface area contributed by atoms with Crippen molar-refractivity contribution in [3.63, 3.8) is 0 Å². The van der Waals surface area contributed by atoms with Gasteiger partial charge in [0.05, 0.1) is 5.52 Å². The maximum atomic E-state index is 13.5. The summed E-state index contributed by atoms with van der Waals surface area (Å²) < 4.78 is 26.6. The zero-order chi connectivity index (χ0) is 13.2. The molecule has 1 fully saturated rings. The van der Waals surface area contributed by atoms with Gasteiger partial charge in [0.2, 0.25) is 0 Å². The number of halogens is 2. The van der Waals surface area contributed by atoms with Gasteiger partial charge in [-0.15, -0.1) is 0 Å². The summed E-state index contributed by atoms with van der Waals surface area (Å²) in [5.74, 6) is 0.284. The van der Waals surface area contributed by atoms with Gasteiger partial charge in [0, 0.05) is 12.5 Å². The van der Waals surface area contributed by atoms with E-state index in [1.807, 2.05) is 0 Å². The monoisotopic (exact) mass is 265 g/mol. The van der Waals surface area contributed by atoms with Crippen molar-refractivity contribution >= 4 is 11.0 Å². The van der Waals surface area contributed by atoms with E-state index in [-0.39, 0.29) is 5.52 Å². The van der Waals surface area contributed by atoms with Gasteiger partial charge < -0.3 is 10.3 Å². The van der Waals surface area contributed by atoms with Crippen LogP contribution in [0.3, 0.4) is 0 Å². The van der Waals surface area contributed by atoms with Crippen LogP contribution >= 0.6 is 0 Å². The number of imidazole rings is 1. The van der Waals surface area contributed by atoms with Crippen LogP contribution in [0.15, 0.2) is 12.1 Å². The molecule has 0 saturated carbocycles. The number of piperidine rings is 1. The zero-order valence-corrected chi connectivity index (χ0v) is 10.7. The predicted octanol–water partition coefficient (Wildman–Crippen LogP) is 2.77. The number of aromatic nitrogens is 2. The van der Waals surface area contributed by atoms with Crippen LogP contribution < -0.4 is 5.32 Å². The van der Waals surface area contributed by atoms with Crippen LogP contribution in [0.1, 0.15) is 25.1 Å². The van der Waals surface area contributed by atoms with E-state index < -0.39 is 11.6 Å². The second-order valence-electron chi connectivity index (χ2n) is 5.20. The third-order valence-corrected chi connectivity index (χ3v) is 3.80. The Morgan fingerprint density at radius 1 is 1.21 bits per heavy atom. The van der Waals surface area contributed by atoms with Crippen molar-refractivity contribution in [1.82, 2.24) is 15.3 Å². The highest BCUT2D eigenvalue weighted by atomic mass is 19.1. The molecule has 5 heteroatoms. The van der Waals surface area contributed by atoms with E-state index in [0.29, 0.717) is 11.4 Å². The van der Waals surface area contributed by atoms with Gasteiger partial charge in [0.15, 0.2) is 5.82 Å². The average molecular weight is 265 g/mol. The fourth-order valence-corrected chi connectivity index (χ4v) is 2.72. The van der Waals surface area contributed by atoms with Crippen molar-refractivity contribution < 1.29 is 8.78 Å². The van der Waals surface area contributed by atoms with Crippen LogP contribution in [0.4, 0.5) is 8.78 Å². The second-order valence-corrected chi connectivity index (χ2v) is 5.20. The number of benzene rings is 1. The summed E-state index contributed by atoms with van der Waals surface area (Å²) in [6.07, 6.45) is 4.21. The number of aromatic amines is 1. The quantitative estimate of drug-likeness (QED) is 0.896. The lowest BCUT2D eigenvalue weighted by Crippen LogP contribution is -2.27. The molecule has 0 bridgehead atoms. The van der Waals surface area contributed by atoms with E-state index in [1.54, 1.807) is 0 Å². The first kappa shape index (κ1) is 12.5. The number of nitrogens with zero attached hydrogens (tertiary/aromatic N) is 1. The van der Waals surface area contributed by atoms with E-state index >= 15 is 0 Å². The number of H-pyrrole nitrogens is 1. The van der Waals surface area contributed by atoms with Gasteiger partial charge in [-0.05, 0) is 44.3 Å². The largest absolute Gasteiger partial charge is 0.342 e. The molecule has 0 amide bonds. The van der Waals surface area contributed by atoms with Crippen molar-refractivity contribution in [2.75, 3.05) is 13.1 Å². The minimum Gasteiger partial charge on any atom is -0.342 e. The number of hydrogen-bond acceptors (Lipinski definition) is 2. The van der Waals surface area contributed by atoms with Crippen LogP contribution in [0, 0.1) is 17.6 Å². The topological polar surface area (TPSA) is 40.7 Å². The van der Waals surface area contributed by atoms with Gasteiger partial charge in [-0.1, -0.05) is 0 Å². The normalized spacial score (nSPS) is 17.2. The molecule has 102 valence electrons. The van der Waals surface area contributed by atoms with E-state index in [4.69, 9.17) is 0 Å². The summed E-state index contributed by atoms with van der Waals surface area (Å²) >= 11 is 0. The fourth-order valence-electron chi connectivity index (χ4n) is 2.72. The molecule has 2 aromatic rings. The molecular weight excluding hydrogens is 248 g/mol. The molecule has 0 atom stereocenters. The summed E-state index contributed by atoms with van der Waals surface area (Å²) in [7, 11) is 0. The van der Waals surface area contributed by atoms with E-state index in [2.05, 4.69) is 15.3 Å². The molecule has 3 nitrogen and oxygen atoms in total. The van der Waals surface area contributed by atoms with Crippen LogP contribution in [-0.2, 0) is 6.42 Å². The minimum absolute atomic E-state index is 0.238. The summed E-state index contributed by atoms with van der Waals surface area (Å²) in [5, 5.41) is 3.33. The van der Waals surface area contributed by atoms with Crippen LogP contribution in [0.5, 0.6) is 0 Å². The Balaban J connectivity index is 1.72. The van der Waals surface area contributed by atoms with Gasteiger partial charge >= 0.3 is 0 Å². The molecule has 2 N–H and O–H groups in total.